The van der Waals surface area contributed by atoms with E-state index in [1.54, 1.807) is 0 Å². The monoisotopic (exact) mass is 305 g/mol. The summed E-state index contributed by atoms with van der Waals surface area (Å²) in [5.41, 5.74) is 0. The van der Waals surface area contributed by atoms with Gasteiger partial charge in [-0.25, -0.2) is 0 Å². The molecule has 4 heteroatoms. The largest absolute Gasteiger partial charge is 0.494 e. The van der Waals surface area contributed by atoms with Crippen LogP contribution >= 0.6 is 0 Å². The van der Waals surface area contributed by atoms with Crippen molar-refractivity contribution < 1.29 is 14.3 Å². The molecule has 4 nitrogen and oxygen atoms in total. The molecule has 1 aromatic carbocycles. The van der Waals surface area contributed by atoms with Gasteiger partial charge in [-0.15, -0.1) is 0 Å². The predicted octanol–water partition coefficient (Wildman–Crippen LogP) is 3.55. The van der Waals surface area contributed by atoms with Gasteiger partial charge in [0.25, 0.3) is 5.91 Å². The van der Waals surface area contributed by atoms with Crippen molar-refractivity contribution in [2.45, 2.75) is 52.0 Å². The van der Waals surface area contributed by atoms with Gasteiger partial charge in [0.05, 0.1) is 6.61 Å². The molecule has 22 heavy (non-hydrogen) atoms. The van der Waals surface area contributed by atoms with Crippen LogP contribution < -0.4 is 14.8 Å². The van der Waals surface area contributed by atoms with Crippen molar-refractivity contribution >= 4 is 5.91 Å². The van der Waals surface area contributed by atoms with E-state index in [1.807, 2.05) is 24.3 Å². The zero-order valence-electron chi connectivity index (χ0n) is 13.6. The Morgan fingerprint density at radius 2 is 1.68 bits per heavy atom. The molecule has 0 spiro atoms. The summed E-state index contributed by atoms with van der Waals surface area (Å²) in [5, 5.41) is 3.06. The van der Waals surface area contributed by atoms with Crippen LogP contribution in [-0.2, 0) is 4.79 Å². The Hall–Kier alpha value is -1.71. The van der Waals surface area contributed by atoms with E-state index >= 15 is 0 Å². The lowest BCUT2D eigenvalue weighted by atomic mass is 9.87. The first kappa shape index (κ1) is 16.7. The summed E-state index contributed by atoms with van der Waals surface area (Å²) in [5.74, 6) is 2.27. The molecule has 0 atom stereocenters. The highest BCUT2D eigenvalue weighted by molar-refractivity contribution is 5.77. The average Bonchev–Trinajstić information content (AvgIpc) is 2.54. The van der Waals surface area contributed by atoms with Crippen molar-refractivity contribution in [1.82, 2.24) is 5.32 Å². The molecule has 0 aliphatic heterocycles. The molecule has 1 N–H and O–H groups in total. The molecule has 0 saturated heterocycles. The maximum Gasteiger partial charge on any atom is 0.258 e. The normalized spacial score (nSPS) is 21.2. The number of carbonyl (C=O) groups is 1. The van der Waals surface area contributed by atoms with Gasteiger partial charge in [0.2, 0.25) is 0 Å². The fourth-order valence-electron chi connectivity index (χ4n) is 2.67. The summed E-state index contributed by atoms with van der Waals surface area (Å²) in [6.07, 6.45) is 5.54. The third-order valence-electron chi connectivity index (χ3n) is 4.05. The van der Waals surface area contributed by atoms with Crippen LogP contribution in [-0.4, -0.2) is 25.2 Å². The van der Waals surface area contributed by atoms with Crippen LogP contribution in [0.15, 0.2) is 24.3 Å². The van der Waals surface area contributed by atoms with Crippen LogP contribution in [0.1, 0.15) is 46.0 Å². The number of carbonyl (C=O) groups excluding carboxylic acids is 1. The van der Waals surface area contributed by atoms with Crippen LogP contribution in [0.4, 0.5) is 0 Å². The smallest absolute Gasteiger partial charge is 0.258 e. The maximum absolute atomic E-state index is 11.9. The third-order valence-corrected chi connectivity index (χ3v) is 4.05. The van der Waals surface area contributed by atoms with Crippen molar-refractivity contribution in [3.05, 3.63) is 24.3 Å². The Balaban J connectivity index is 1.69. The molecule has 0 bridgehead atoms. The highest BCUT2D eigenvalue weighted by Gasteiger charge is 2.19. The highest BCUT2D eigenvalue weighted by Crippen LogP contribution is 2.23. The zero-order chi connectivity index (χ0) is 15.8. The maximum atomic E-state index is 11.9. The Morgan fingerprint density at radius 3 is 2.27 bits per heavy atom. The van der Waals surface area contributed by atoms with Crippen LogP contribution in [0.3, 0.4) is 0 Å². The van der Waals surface area contributed by atoms with E-state index in [2.05, 4.69) is 19.2 Å². The summed E-state index contributed by atoms with van der Waals surface area (Å²) in [7, 11) is 0. The molecular weight excluding hydrogens is 278 g/mol. The second-order valence-electron chi connectivity index (χ2n) is 6.13. The van der Waals surface area contributed by atoms with Crippen molar-refractivity contribution in [3.63, 3.8) is 0 Å². The quantitative estimate of drug-likeness (QED) is 0.838. The molecule has 2 rings (SSSR count). The van der Waals surface area contributed by atoms with E-state index in [1.165, 1.54) is 12.8 Å². The van der Waals surface area contributed by atoms with Gasteiger partial charge in [0.15, 0.2) is 6.61 Å². The minimum atomic E-state index is -0.0362. The number of nitrogens with one attached hydrogen (secondary N) is 1. The molecule has 0 radical (unpaired) electrons. The summed E-state index contributed by atoms with van der Waals surface area (Å²) < 4.78 is 11.0. The molecule has 0 heterocycles. The SMILES string of the molecule is CCCOc1ccc(OCC(=O)NC2CCC(C)CC2)cc1. The Labute approximate surface area is 133 Å². The van der Waals surface area contributed by atoms with E-state index in [4.69, 9.17) is 9.47 Å². The molecule has 1 aliphatic rings. The van der Waals surface area contributed by atoms with Gasteiger partial charge in [0.1, 0.15) is 11.5 Å². The minimum absolute atomic E-state index is 0.0362. The molecule has 0 unspecified atom stereocenters. The first-order valence-electron chi connectivity index (χ1n) is 8.32. The lowest BCUT2D eigenvalue weighted by Gasteiger charge is -2.26. The van der Waals surface area contributed by atoms with Gasteiger partial charge in [-0.3, -0.25) is 4.79 Å². The lowest BCUT2D eigenvalue weighted by molar-refractivity contribution is -0.124. The molecule has 1 aromatic rings. The number of hydrogen-bond donors (Lipinski definition) is 1. The van der Waals surface area contributed by atoms with Crippen LogP contribution in [0.25, 0.3) is 0 Å². The Bertz CT molecular complexity index is 450. The van der Waals surface area contributed by atoms with E-state index in [0.29, 0.717) is 18.4 Å². The van der Waals surface area contributed by atoms with E-state index in [0.717, 1.165) is 30.9 Å². The zero-order valence-corrected chi connectivity index (χ0v) is 13.6. The number of hydrogen-bond acceptors (Lipinski definition) is 3. The van der Waals surface area contributed by atoms with Crippen molar-refractivity contribution in [1.29, 1.82) is 0 Å². The topological polar surface area (TPSA) is 47.6 Å². The van der Waals surface area contributed by atoms with Crippen LogP contribution in [0.5, 0.6) is 11.5 Å². The molecular formula is C18H27NO3. The fraction of sp³-hybridized carbons (Fsp3) is 0.611. The Kier molecular flexibility index (Phi) is 6.56. The molecule has 1 saturated carbocycles. The van der Waals surface area contributed by atoms with Gasteiger partial charge >= 0.3 is 0 Å². The number of benzene rings is 1. The highest BCUT2D eigenvalue weighted by atomic mass is 16.5. The lowest BCUT2D eigenvalue weighted by Crippen LogP contribution is -2.39. The fourth-order valence-corrected chi connectivity index (χ4v) is 2.67. The van der Waals surface area contributed by atoms with Gasteiger partial charge in [-0.1, -0.05) is 13.8 Å². The van der Waals surface area contributed by atoms with Gasteiger partial charge in [-0.2, -0.15) is 0 Å². The summed E-state index contributed by atoms with van der Waals surface area (Å²) in [4.78, 5) is 11.9. The van der Waals surface area contributed by atoms with Crippen molar-refractivity contribution in [3.8, 4) is 11.5 Å². The second kappa shape index (κ2) is 8.66. The molecule has 122 valence electrons. The van der Waals surface area contributed by atoms with E-state index in [-0.39, 0.29) is 12.5 Å². The first-order valence-corrected chi connectivity index (χ1v) is 8.32. The van der Waals surface area contributed by atoms with Crippen LogP contribution in [0, 0.1) is 5.92 Å². The second-order valence-corrected chi connectivity index (χ2v) is 6.13. The van der Waals surface area contributed by atoms with E-state index < -0.39 is 0 Å². The van der Waals surface area contributed by atoms with E-state index in [9.17, 15) is 4.79 Å². The summed E-state index contributed by atoms with van der Waals surface area (Å²) in [6.45, 7) is 5.13. The first-order chi connectivity index (χ1) is 10.7. The number of amides is 1. The minimum Gasteiger partial charge on any atom is -0.494 e. The van der Waals surface area contributed by atoms with Crippen LogP contribution in [0.2, 0.25) is 0 Å². The van der Waals surface area contributed by atoms with Crippen molar-refractivity contribution in [2.24, 2.45) is 5.92 Å². The summed E-state index contributed by atoms with van der Waals surface area (Å²) >= 11 is 0. The molecule has 1 fully saturated rings. The number of ether oxygens (including phenoxy) is 2. The van der Waals surface area contributed by atoms with Gasteiger partial charge in [0, 0.05) is 6.04 Å². The predicted molar refractivity (Wildman–Crippen MR) is 87.3 cm³/mol. The van der Waals surface area contributed by atoms with Gasteiger partial charge < -0.3 is 14.8 Å². The number of rotatable bonds is 7. The molecule has 1 aliphatic carbocycles. The standard InChI is InChI=1S/C18H27NO3/c1-3-12-21-16-8-10-17(11-9-16)22-13-18(20)19-15-6-4-14(2)5-7-15/h8-11,14-15H,3-7,12-13H2,1-2H3,(H,19,20). The molecule has 1 amide bonds. The van der Waals surface area contributed by atoms with Crippen molar-refractivity contribution in [2.75, 3.05) is 13.2 Å². The molecule has 0 aromatic heterocycles. The summed E-state index contributed by atoms with van der Waals surface area (Å²) in [6, 6.07) is 7.72. The third kappa shape index (κ3) is 5.58. The average molecular weight is 305 g/mol. The van der Waals surface area contributed by atoms with Gasteiger partial charge in [-0.05, 0) is 62.3 Å². The Morgan fingerprint density at radius 1 is 1.09 bits per heavy atom.